The van der Waals surface area contributed by atoms with Crippen molar-refractivity contribution in [3.8, 4) is 0 Å². The summed E-state index contributed by atoms with van der Waals surface area (Å²) in [6, 6.07) is 4.04. The lowest BCUT2D eigenvalue weighted by Gasteiger charge is -2.12. The molecule has 4 nitrogen and oxygen atoms in total. The molecule has 1 aromatic carbocycles. The van der Waals surface area contributed by atoms with E-state index in [4.69, 9.17) is 11.6 Å². The molecular formula is C13H16ClN3O. The van der Waals surface area contributed by atoms with E-state index < -0.39 is 0 Å². The number of nitrogens with zero attached hydrogens (tertiary/aromatic N) is 2. The third-order valence-electron chi connectivity index (χ3n) is 3.74. The zero-order valence-electron chi connectivity index (χ0n) is 10.5. The minimum atomic E-state index is 0.0454. The molecule has 1 N–H and O–H groups in total. The average Bonchev–Trinajstić information content (AvgIpc) is 2.90. The van der Waals surface area contributed by atoms with Gasteiger partial charge >= 0.3 is 5.69 Å². The second-order valence-electron chi connectivity index (χ2n) is 4.95. The van der Waals surface area contributed by atoms with Gasteiger partial charge in [0.05, 0.1) is 17.1 Å². The molecule has 3 rings (SSSR count). The molecule has 2 heterocycles. The van der Waals surface area contributed by atoms with Gasteiger partial charge in [-0.15, -0.1) is 0 Å². The van der Waals surface area contributed by atoms with Crippen LogP contribution in [0.15, 0.2) is 16.9 Å². The van der Waals surface area contributed by atoms with Crippen molar-refractivity contribution in [3.05, 3.63) is 33.2 Å². The van der Waals surface area contributed by atoms with Gasteiger partial charge in [0, 0.05) is 18.6 Å². The third kappa shape index (κ3) is 1.60. The second kappa shape index (κ2) is 4.14. The molecule has 0 saturated carbocycles. The molecule has 1 aliphatic rings. The van der Waals surface area contributed by atoms with Gasteiger partial charge in [0.2, 0.25) is 0 Å². The van der Waals surface area contributed by atoms with Crippen LogP contribution in [0.25, 0.3) is 11.0 Å². The van der Waals surface area contributed by atoms with Crippen LogP contribution in [0.3, 0.4) is 0 Å². The van der Waals surface area contributed by atoms with Crippen molar-refractivity contribution in [2.45, 2.75) is 19.4 Å². The molecule has 1 aliphatic heterocycles. The number of nitrogens with one attached hydrogen (secondary N) is 1. The van der Waals surface area contributed by atoms with Crippen LogP contribution < -0.4 is 11.0 Å². The maximum atomic E-state index is 12.4. The molecule has 1 fully saturated rings. The number of hydrogen-bond donors (Lipinski definition) is 1. The summed E-state index contributed by atoms with van der Waals surface area (Å²) in [7, 11) is 1.80. The lowest BCUT2D eigenvalue weighted by Crippen LogP contribution is -2.27. The third-order valence-corrected chi connectivity index (χ3v) is 3.96. The molecule has 0 spiro atoms. The van der Waals surface area contributed by atoms with E-state index in [2.05, 4.69) is 5.32 Å². The van der Waals surface area contributed by atoms with Gasteiger partial charge in [0.15, 0.2) is 0 Å². The van der Waals surface area contributed by atoms with Gasteiger partial charge in [-0.1, -0.05) is 11.6 Å². The Balaban J connectivity index is 2.37. The van der Waals surface area contributed by atoms with Gasteiger partial charge in [-0.25, -0.2) is 4.79 Å². The van der Waals surface area contributed by atoms with Crippen molar-refractivity contribution < 1.29 is 0 Å². The summed E-state index contributed by atoms with van der Waals surface area (Å²) in [5, 5.41) is 3.99. The summed E-state index contributed by atoms with van der Waals surface area (Å²) in [5.74, 6) is 0. The maximum Gasteiger partial charge on any atom is 0.329 e. The molecule has 0 bridgehead atoms. The van der Waals surface area contributed by atoms with Gasteiger partial charge in [-0.05, 0) is 37.6 Å². The Kier molecular flexibility index (Phi) is 2.72. The molecule has 0 amide bonds. The molecule has 1 saturated heterocycles. The van der Waals surface area contributed by atoms with Crippen LogP contribution in [0.5, 0.6) is 0 Å². The van der Waals surface area contributed by atoms with Gasteiger partial charge in [0.1, 0.15) is 0 Å². The van der Waals surface area contributed by atoms with E-state index in [-0.39, 0.29) is 11.7 Å². The first-order chi connectivity index (χ1) is 8.59. The summed E-state index contributed by atoms with van der Waals surface area (Å²) in [6.07, 6.45) is 1.00. The smallest absolute Gasteiger partial charge is 0.315 e. The van der Waals surface area contributed by atoms with Gasteiger partial charge in [-0.3, -0.25) is 9.13 Å². The Morgan fingerprint density at radius 3 is 2.89 bits per heavy atom. The Morgan fingerprint density at radius 1 is 1.44 bits per heavy atom. The first kappa shape index (κ1) is 11.8. The summed E-state index contributed by atoms with van der Waals surface area (Å²) >= 11 is 6.08. The van der Waals surface area contributed by atoms with Crippen molar-refractivity contribution in [1.29, 1.82) is 0 Å². The largest absolute Gasteiger partial charge is 0.329 e. The summed E-state index contributed by atoms with van der Waals surface area (Å²) in [5.41, 5.74) is 3.03. The van der Waals surface area contributed by atoms with E-state index in [1.807, 2.05) is 23.6 Å². The van der Waals surface area contributed by atoms with E-state index in [1.54, 1.807) is 11.6 Å². The molecule has 5 heteroatoms. The van der Waals surface area contributed by atoms with E-state index in [1.165, 1.54) is 0 Å². The Morgan fingerprint density at radius 2 is 2.22 bits per heavy atom. The standard InChI is InChI=1S/C13H16ClN3O/c1-8-5-9(14)6-11-12(8)17(13(18)16(11)2)10-3-4-15-7-10/h5-6,10,15H,3-4,7H2,1-2H3. The van der Waals surface area contributed by atoms with Crippen LogP contribution in [-0.2, 0) is 7.05 Å². The Labute approximate surface area is 110 Å². The van der Waals surface area contributed by atoms with Crippen molar-refractivity contribution >= 4 is 22.6 Å². The highest BCUT2D eigenvalue weighted by Crippen LogP contribution is 2.26. The number of halogens is 1. The normalized spacial score (nSPS) is 19.8. The van der Waals surface area contributed by atoms with Gasteiger partial charge in [-0.2, -0.15) is 0 Å². The number of rotatable bonds is 1. The highest BCUT2D eigenvalue weighted by Gasteiger charge is 2.23. The number of imidazole rings is 1. The van der Waals surface area contributed by atoms with Gasteiger partial charge < -0.3 is 5.32 Å². The molecular weight excluding hydrogens is 250 g/mol. The van der Waals surface area contributed by atoms with E-state index in [9.17, 15) is 4.79 Å². The van der Waals surface area contributed by atoms with Crippen molar-refractivity contribution in [3.63, 3.8) is 0 Å². The number of benzene rings is 1. The second-order valence-corrected chi connectivity index (χ2v) is 5.39. The predicted octanol–water partition coefficient (Wildman–Crippen LogP) is 1.84. The van der Waals surface area contributed by atoms with Crippen molar-refractivity contribution in [2.75, 3.05) is 13.1 Å². The Bertz CT molecular complexity index is 665. The van der Waals surface area contributed by atoms with E-state index in [0.29, 0.717) is 5.02 Å². The minimum Gasteiger partial charge on any atom is -0.315 e. The zero-order chi connectivity index (χ0) is 12.9. The number of fused-ring (bicyclic) bond motifs is 1. The quantitative estimate of drug-likeness (QED) is 0.855. The SMILES string of the molecule is Cc1cc(Cl)cc2c1n(C1CCNC1)c(=O)n2C. The molecule has 1 unspecified atom stereocenters. The molecule has 0 aliphatic carbocycles. The van der Waals surface area contributed by atoms with Gasteiger partial charge in [0.25, 0.3) is 0 Å². The fraction of sp³-hybridized carbons (Fsp3) is 0.462. The molecule has 1 aromatic heterocycles. The molecule has 96 valence electrons. The maximum absolute atomic E-state index is 12.4. The molecule has 2 aromatic rings. The monoisotopic (exact) mass is 265 g/mol. The first-order valence-electron chi connectivity index (χ1n) is 6.17. The highest BCUT2D eigenvalue weighted by molar-refractivity contribution is 6.31. The van der Waals surface area contributed by atoms with Crippen LogP contribution in [-0.4, -0.2) is 22.2 Å². The lowest BCUT2D eigenvalue weighted by atomic mass is 10.2. The molecule has 18 heavy (non-hydrogen) atoms. The number of aromatic nitrogens is 2. The summed E-state index contributed by atoms with van der Waals surface area (Å²) in [4.78, 5) is 12.4. The van der Waals surface area contributed by atoms with E-state index >= 15 is 0 Å². The van der Waals surface area contributed by atoms with Crippen molar-refractivity contribution in [2.24, 2.45) is 7.05 Å². The zero-order valence-corrected chi connectivity index (χ0v) is 11.3. The fourth-order valence-corrected chi connectivity index (χ4v) is 3.11. The van der Waals surface area contributed by atoms with Crippen LogP contribution in [0.1, 0.15) is 18.0 Å². The number of hydrogen-bond acceptors (Lipinski definition) is 2. The van der Waals surface area contributed by atoms with Crippen LogP contribution >= 0.6 is 11.6 Å². The lowest BCUT2D eigenvalue weighted by molar-refractivity contribution is 0.535. The molecule has 1 atom stereocenters. The molecule has 0 radical (unpaired) electrons. The average molecular weight is 266 g/mol. The van der Waals surface area contributed by atoms with Crippen LogP contribution in [0.4, 0.5) is 0 Å². The highest BCUT2D eigenvalue weighted by atomic mass is 35.5. The minimum absolute atomic E-state index is 0.0454. The van der Waals surface area contributed by atoms with Crippen LogP contribution in [0, 0.1) is 6.92 Å². The summed E-state index contributed by atoms with van der Waals surface area (Å²) in [6.45, 7) is 3.84. The van der Waals surface area contributed by atoms with Crippen LogP contribution in [0.2, 0.25) is 5.02 Å². The number of aryl methyl sites for hydroxylation is 2. The Hall–Kier alpha value is -1.26. The predicted molar refractivity (Wildman–Crippen MR) is 73.4 cm³/mol. The fourth-order valence-electron chi connectivity index (χ4n) is 2.85. The first-order valence-corrected chi connectivity index (χ1v) is 6.55. The summed E-state index contributed by atoms with van der Waals surface area (Å²) < 4.78 is 3.60. The van der Waals surface area contributed by atoms with Crippen molar-refractivity contribution in [1.82, 2.24) is 14.5 Å². The van der Waals surface area contributed by atoms with E-state index in [0.717, 1.165) is 36.1 Å². The topological polar surface area (TPSA) is 39.0 Å².